The van der Waals surface area contributed by atoms with Crippen molar-refractivity contribution in [1.82, 2.24) is 4.98 Å². The van der Waals surface area contributed by atoms with Gasteiger partial charge in [-0.25, -0.2) is 9.78 Å². The number of hydrogen-bond acceptors (Lipinski definition) is 7. The van der Waals surface area contributed by atoms with E-state index in [1.165, 1.54) is 12.3 Å². The van der Waals surface area contributed by atoms with E-state index in [1.54, 1.807) is 0 Å². The average Bonchev–Trinajstić information content (AvgIpc) is 2.95. The Morgan fingerprint density at radius 3 is 2.60 bits per heavy atom. The molecule has 0 fully saturated rings. The van der Waals surface area contributed by atoms with Crippen molar-refractivity contribution < 1.29 is 27.5 Å². The predicted molar refractivity (Wildman–Crippen MR) is 68.6 cm³/mol. The number of nitrogens with one attached hydrogen (secondary N) is 1. The first kappa shape index (κ1) is 14.2. The van der Waals surface area contributed by atoms with Crippen LogP contribution >= 0.6 is 11.3 Å². The minimum Gasteiger partial charge on any atom is -0.475 e. The van der Waals surface area contributed by atoms with Crippen LogP contribution < -0.4 is 4.72 Å². The van der Waals surface area contributed by atoms with E-state index in [0.29, 0.717) is 0 Å². The smallest absolute Gasteiger partial charge is 0.371 e. The summed E-state index contributed by atoms with van der Waals surface area (Å²) in [4.78, 5) is 25.5. The van der Waals surface area contributed by atoms with Crippen molar-refractivity contribution in [2.45, 2.75) is 12.0 Å². The molecule has 2 N–H and O–H groups in total. The van der Waals surface area contributed by atoms with Gasteiger partial charge in [-0.3, -0.25) is 9.52 Å². The van der Waals surface area contributed by atoms with Crippen LogP contribution in [0, 0.1) is 0 Å². The molecule has 0 atom stereocenters. The lowest BCUT2D eigenvalue weighted by atomic mass is 10.4. The molecule has 0 aromatic carbocycles. The Labute approximate surface area is 117 Å². The second kappa shape index (κ2) is 5.06. The van der Waals surface area contributed by atoms with Gasteiger partial charge in [-0.05, 0) is 12.1 Å². The van der Waals surface area contributed by atoms with Gasteiger partial charge in [0, 0.05) is 12.3 Å². The summed E-state index contributed by atoms with van der Waals surface area (Å²) in [6.07, 6.45) is 0. The third-order valence-electron chi connectivity index (χ3n) is 2.14. The van der Waals surface area contributed by atoms with Crippen molar-refractivity contribution in [3.05, 3.63) is 29.0 Å². The minimum atomic E-state index is -4.08. The van der Waals surface area contributed by atoms with Crippen LogP contribution in [-0.4, -0.2) is 30.3 Å². The SMILES string of the molecule is CC(=O)c1csc(NS(=O)(=O)c2ccc(C(=O)O)o2)n1. The Kier molecular flexibility index (Phi) is 3.59. The molecule has 0 radical (unpaired) electrons. The van der Waals surface area contributed by atoms with Crippen LogP contribution in [0.1, 0.15) is 28.0 Å². The van der Waals surface area contributed by atoms with Gasteiger partial charge in [-0.15, -0.1) is 11.3 Å². The largest absolute Gasteiger partial charge is 0.475 e. The zero-order chi connectivity index (χ0) is 14.9. The van der Waals surface area contributed by atoms with Crippen LogP contribution in [0.4, 0.5) is 5.13 Å². The summed E-state index contributed by atoms with van der Waals surface area (Å²) in [5.74, 6) is -2.16. The van der Waals surface area contributed by atoms with Gasteiger partial charge in [0.15, 0.2) is 10.9 Å². The molecule has 20 heavy (non-hydrogen) atoms. The molecule has 10 heteroatoms. The molecule has 2 aromatic rings. The van der Waals surface area contributed by atoms with Crippen molar-refractivity contribution >= 4 is 38.2 Å². The van der Waals surface area contributed by atoms with Crippen LogP contribution in [0.2, 0.25) is 0 Å². The minimum absolute atomic E-state index is 0.0107. The number of aromatic carboxylic acids is 1. The highest BCUT2D eigenvalue weighted by Gasteiger charge is 2.22. The van der Waals surface area contributed by atoms with Crippen molar-refractivity contribution in [2.24, 2.45) is 0 Å². The van der Waals surface area contributed by atoms with E-state index in [1.807, 2.05) is 0 Å². The standard InChI is InChI=1S/C10H8N2O6S2/c1-5(13)6-4-19-10(11-6)12-20(16,17)8-3-2-7(18-8)9(14)15/h2-4H,1H3,(H,11,12)(H,14,15). The number of furan rings is 1. The van der Waals surface area contributed by atoms with Crippen LogP contribution in [0.3, 0.4) is 0 Å². The van der Waals surface area contributed by atoms with Crippen LogP contribution in [0.25, 0.3) is 0 Å². The summed E-state index contributed by atoms with van der Waals surface area (Å²) in [5, 5.41) is 9.51. The predicted octanol–water partition coefficient (Wildman–Crippen LogP) is 1.44. The molecule has 0 aliphatic rings. The Hall–Kier alpha value is -2.20. The molecule has 0 aliphatic heterocycles. The summed E-state index contributed by atoms with van der Waals surface area (Å²) in [6, 6.07) is 2.05. The summed E-state index contributed by atoms with van der Waals surface area (Å²) in [6.45, 7) is 1.30. The molecular formula is C10H8N2O6S2. The van der Waals surface area contributed by atoms with E-state index >= 15 is 0 Å². The molecule has 0 amide bonds. The van der Waals surface area contributed by atoms with Gasteiger partial charge in [0.25, 0.3) is 10.0 Å². The number of nitrogens with zero attached hydrogens (tertiary/aromatic N) is 1. The molecule has 0 unspecified atom stereocenters. The molecule has 0 saturated heterocycles. The van der Waals surface area contributed by atoms with E-state index in [-0.39, 0.29) is 16.6 Å². The van der Waals surface area contributed by atoms with Crippen molar-refractivity contribution in [3.8, 4) is 0 Å². The molecule has 2 rings (SSSR count). The third kappa shape index (κ3) is 2.86. The molecule has 2 aromatic heterocycles. The highest BCUT2D eigenvalue weighted by Crippen LogP contribution is 2.21. The molecule has 0 bridgehead atoms. The van der Waals surface area contributed by atoms with Crippen molar-refractivity contribution in [3.63, 3.8) is 0 Å². The van der Waals surface area contributed by atoms with E-state index in [2.05, 4.69) is 9.71 Å². The lowest BCUT2D eigenvalue weighted by molar-refractivity contribution is 0.0656. The number of ketones is 1. The number of thiazole rings is 1. The number of carbonyl (C=O) groups is 2. The molecule has 0 aliphatic carbocycles. The van der Waals surface area contributed by atoms with Crippen LogP contribution in [0.5, 0.6) is 0 Å². The molecule has 0 saturated carbocycles. The summed E-state index contributed by atoms with van der Waals surface area (Å²) >= 11 is 0.932. The monoisotopic (exact) mass is 316 g/mol. The third-order valence-corrected chi connectivity index (χ3v) is 4.24. The lowest BCUT2D eigenvalue weighted by Gasteiger charge is -2.00. The van der Waals surface area contributed by atoms with Crippen LogP contribution in [0.15, 0.2) is 27.0 Å². The zero-order valence-electron chi connectivity index (χ0n) is 9.98. The Morgan fingerprint density at radius 1 is 1.40 bits per heavy atom. The van der Waals surface area contributed by atoms with Gasteiger partial charge < -0.3 is 9.52 Å². The van der Waals surface area contributed by atoms with E-state index in [4.69, 9.17) is 9.52 Å². The second-order valence-corrected chi connectivity index (χ2v) is 6.09. The molecule has 0 spiro atoms. The molecule has 8 nitrogen and oxygen atoms in total. The van der Waals surface area contributed by atoms with Crippen LogP contribution in [-0.2, 0) is 10.0 Å². The maximum Gasteiger partial charge on any atom is 0.371 e. The maximum absolute atomic E-state index is 11.9. The first-order chi connectivity index (χ1) is 9.29. The number of carboxylic acids is 1. The van der Waals surface area contributed by atoms with Gasteiger partial charge in [0.05, 0.1) is 0 Å². The topological polar surface area (TPSA) is 127 Å². The molecule has 2 heterocycles. The number of aromatic nitrogens is 1. The summed E-state index contributed by atoms with van der Waals surface area (Å²) in [5.41, 5.74) is 0.137. The highest BCUT2D eigenvalue weighted by atomic mass is 32.2. The number of hydrogen-bond donors (Lipinski definition) is 2. The van der Waals surface area contributed by atoms with E-state index in [9.17, 15) is 18.0 Å². The lowest BCUT2D eigenvalue weighted by Crippen LogP contribution is -2.12. The number of Topliss-reactive ketones (excluding diaryl/α,β-unsaturated/α-hetero) is 1. The first-order valence-corrected chi connectivity index (χ1v) is 7.48. The summed E-state index contributed by atoms with van der Waals surface area (Å²) < 4.78 is 30.6. The van der Waals surface area contributed by atoms with Gasteiger partial charge in [-0.2, -0.15) is 8.42 Å². The maximum atomic E-state index is 11.9. The first-order valence-electron chi connectivity index (χ1n) is 5.12. The Bertz CT molecular complexity index is 773. The number of carboxylic acid groups (broad SMARTS) is 1. The second-order valence-electron chi connectivity index (χ2n) is 3.62. The Balaban J connectivity index is 2.25. The van der Waals surface area contributed by atoms with Gasteiger partial charge in [0.2, 0.25) is 10.9 Å². The normalized spacial score (nSPS) is 11.2. The van der Waals surface area contributed by atoms with Crippen molar-refractivity contribution in [1.29, 1.82) is 0 Å². The summed E-state index contributed by atoms with van der Waals surface area (Å²) in [7, 11) is -4.08. The van der Waals surface area contributed by atoms with Gasteiger partial charge in [0.1, 0.15) is 5.69 Å². The number of rotatable bonds is 5. The van der Waals surface area contributed by atoms with Gasteiger partial charge in [-0.1, -0.05) is 0 Å². The fourth-order valence-electron chi connectivity index (χ4n) is 1.23. The number of carbonyl (C=O) groups excluding carboxylic acids is 1. The van der Waals surface area contributed by atoms with Crippen molar-refractivity contribution in [2.75, 3.05) is 4.72 Å². The zero-order valence-corrected chi connectivity index (χ0v) is 11.6. The number of sulfonamides is 1. The van der Waals surface area contributed by atoms with E-state index < -0.39 is 26.8 Å². The molecule has 106 valence electrons. The quantitative estimate of drug-likeness (QED) is 0.799. The van der Waals surface area contributed by atoms with Gasteiger partial charge >= 0.3 is 5.97 Å². The fourth-order valence-corrected chi connectivity index (χ4v) is 3.16. The van der Waals surface area contributed by atoms with E-state index in [0.717, 1.165) is 23.5 Å². The highest BCUT2D eigenvalue weighted by molar-refractivity contribution is 7.92. The molecular weight excluding hydrogens is 308 g/mol. The number of anilines is 1. The average molecular weight is 316 g/mol. The fraction of sp³-hybridized carbons (Fsp3) is 0.100. The Morgan fingerprint density at radius 2 is 2.10 bits per heavy atom.